The largest absolute Gasteiger partial charge is 0.355 e. The van der Waals surface area contributed by atoms with Crippen molar-refractivity contribution >= 4 is 23.4 Å². The number of nitrogens with zero attached hydrogens (tertiary/aromatic N) is 1. The number of carbonyl (C=O) groups is 2. The van der Waals surface area contributed by atoms with Crippen LogP contribution in [0.1, 0.15) is 37.0 Å². The standard InChI is InChI=1S/C22H27ClN2O2/c1-4-20(22(27)24-5-2)25(15-17-10-12-19(23)13-11-17)21(26)14-18-9-7-6-8-16(18)3/h6-13,20H,4-5,14-15H2,1-3H3,(H,24,27)/t20-/m1/s1. The molecule has 0 aliphatic carbocycles. The van der Waals surface area contributed by atoms with Gasteiger partial charge in [0.05, 0.1) is 6.42 Å². The van der Waals surface area contributed by atoms with E-state index in [-0.39, 0.29) is 18.2 Å². The molecule has 0 unspecified atom stereocenters. The van der Waals surface area contributed by atoms with Gasteiger partial charge < -0.3 is 10.2 Å². The number of hydrogen-bond donors (Lipinski definition) is 1. The van der Waals surface area contributed by atoms with Crippen LogP contribution in [0.5, 0.6) is 0 Å². The molecule has 5 heteroatoms. The van der Waals surface area contributed by atoms with Gasteiger partial charge in [-0.15, -0.1) is 0 Å². The molecule has 0 spiro atoms. The molecular formula is C22H27ClN2O2. The summed E-state index contributed by atoms with van der Waals surface area (Å²) in [5.41, 5.74) is 3.00. The summed E-state index contributed by atoms with van der Waals surface area (Å²) in [5.74, 6) is -0.176. The first-order valence-electron chi connectivity index (χ1n) is 9.32. The van der Waals surface area contributed by atoms with E-state index >= 15 is 0 Å². The zero-order valence-corrected chi connectivity index (χ0v) is 16.9. The number of hydrogen-bond acceptors (Lipinski definition) is 2. The van der Waals surface area contributed by atoms with Crippen LogP contribution in [0.25, 0.3) is 0 Å². The van der Waals surface area contributed by atoms with E-state index in [0.717, 1.165) is 16.7 Å². The monoisotopic (exact) mass is 386 g/mol. The summed E-state index contributed by atoms with van der Waals surface area (Å²) in [6.07, 6.45) is 0.828. The van der Waals surface area contributed by atoms with Gasteiger partial charge in [0.2, 0.25) is 11.8 Å². The Morgan fingerprint density at radius 2 is 1.74 bits per heavy atom. The minimum absolute atomic E-state index is 0.0580. The van der Waals surface area contributed by atoms with Crippen molar-refractivity contribution in [3.63, 3.8) is 0 Å². The fraction of sp³-hybridized carbons (Fsp3) is 0.364. The zero-order valence-electron chi connectivity index (χ0n) is 16.2. The minimum Gasteiger partial charge on any atom is -0.355 e. The van der Waals surface area contributed by atoms with Crippen LogP contribution < -0.4 is 5.32 Å². The minimum atomic E-state index is -0.503. The van der Waals surface area contributed by atoms with Crippen molar-refractivity contribution in [2.45, 2.75) is 46.2 Å². The molecule has 0 aromatic heterocycles. The lowest BCUT2D eigenvalue weighted by Crippen LogP contribution is -2.49. The van der Waals surface area contributed by atoms with Crippen LogP contribution in [0, 0.1) is 6.92 Å². The number of aryl methyl sites for hydroxylation is 1. The summed E-state index contributed by atoms with van der Waals surface area (Å²) in [4.78, 5) is 27.4. The van der Waals surface area contributed by atoms with Crippen LogP contribution >= 0.6 is 11.6 Å². The lowest BCUT2D eigenvalue weighted by Gasteiger charge is -2.31. The van der Waals surface area contributed by atoms with Crippen LogP contribution in [-0.4, -0.2) is 29.3 Å². The lowest BCUT2D eigenvalue weighted by molar-refractivity contribution is -0.140. The van der Waals surface area contributed by atoms with Crippen LogP contribution in [0.2, 0.25) is 5.02 Å². The molecule has 0 bridgehead atoms. The third-order valence-corrected chi connectivity index (χ3v) is 4.86. The molecule has 0 aliphatic heterocycles. The molecule has 2 aromatic carbocycles. The highest BCUT2D eigenvalue weighted by Gasteiger charge is 2.28. The first-order chi connectivity index (χ1) is 13.0. The van der Waals surface area contributed by atoms with E-state index in [0.29, 0.717) is 24.5 Å². The Bertz CT molecular complexity index is 774. The number of amides is 2. The van der Waals surface area contributed by atoms with E-state index in [1.807, 2.05) is 57.2 Å². The quantitative estimate of drug-likeness (QED) is 0.741. The summed E-state index contributed by atoms with van der Waals surface area (Å²) in [6.45, 7) is 6.71. The molecule has 0 heterocycles. The van der Waals surface area contributed by atoms with E-state index in [1.54, 1.807) is 17.0 Å². The summed E-state index contributed by atoms with van der Waals surface area (Å²) >= 11 is 5.97. The van der Waals surface area contributed by atoms with Gasteiger partial charge in [-0.2, -0.15) is 0 Å². The van der Waals surface area contributed by atoms with E-state index in [9.17, 15) is 9.59 Å². The number of benzene rings is 2. The molecule has 0 aliphatic rings. The molecule has 0 saturated carbocycles. The van der Waals surface area contributed by atoms with Crippen LogP contribution in [0.15, 0.2) is 48.5 Å². The first kappa shape index (κ1) is 21.0. The Morgan fingerprint density at radius 3 is 2.33 bits per heavy atom. The molecule has 4 nitrogen and oxygen atoms in total. The topological polar surface area (TPSA) is 49.4 Å². The van der Waals surface area contributed by atoms with Crippen molar-refractivity contribution in [1.29, 1.82) is 0 Å². The Hall–Kier alpha value is -2.33. The molecule has 144 valence electrons. The molecule has 2 amide bonds. The maximum absolute atomic E-state index is 13.2. The third-order valence-electron chi connectivity index (χ3n) is 4.61. The van der Waals surface area contributed by atoms with Crippen molar-refractivity contribution in [3.8, 4) is 0 Å². The summed E-state index contributed by atoms with van der Waals surface area (Å²) in [5, 5.41) is 3.49. The smallest absolute Gasteiger partial charge is 0.242 e. The fourth-order valence-corrected chi connectivity index (χ4v) is 3.20. The average Bonchev–Trinajstić information content (AvgIpc) is 2.65. The van der Waals surface area contributed by atoms with Gasteiger partial charge in [-0.1, -0.05) is 54.9 Å². The molecule has 0 saturated heterocycles. The summed E-state index contributed by atoms with van der Waals surface area (Å²) < 4.78 is 0. The molecule has 0 radical (unpaired) electrons. The Kier molecular flexibility index (Phi) is 7.86. The van der Waals surface area contributed by atoms with Gasteiger partial charge in [-0.3, -0.25) is 9.59 Å². The van der Waals surface area contributed by atoms with Gasteiger partial charge in [0.25, 0.3) is 0 Å². The van der Waals surface area contributed by atoms with Gasteiger partial charge in [-0.05, 0) is 49.1 Å². The normalized spacial score (nSPS) is 11.7. The van der Waals surface area contributed by atoms with Gasteiger partial charge in [0, 0.05) is 18.1 Å². The second-order valence-corrected chi connectivity index (χ2v) is 7.01. The zero-order chi connectivity index (χ0) is 19.8. The van der Waals surface area contributed by atoms with E-state index in [1.165, 1.54) is 0 Å². The first-order valence-corrected chi connectivity index (χ1v) is 9.70. The van der Waals surface area contributed by atoms with Gasteiger partial charge in [0.1, 0.15) is 6.04 Å². The number of carbonyl (C=O) groups excluding carboxylic acids is 2. The van der Waals surface area contributed by atoms with E-state index < -0.39 is 6.04 Å². The molecule has 1 N–H and O–H groups in total. The molecule has 27 heavy (non-hydrogen) atoms. The number of nitrogens with one attached hydrogen (secondary N) is 1. The number of rotatable bonds is 8. The van der Waals surface area contributed by atoms with Crippen molar-refractivity contribution in [3.05, 3.63) is 70.2 Å². The molecule has 0 fully saturated rings. The highest BCUT2D eigenvalue weighted by atomic mass is 35.5. The number of halogens is 1. The molecular weight excluding hydrogens is 360 g/mol. The second-order valence-electron chi connectivity index (χ2n) is 6.57. The predicted octanol–water partition coefficient (Wildman–Crippen LogP) is 4.13. The van der Waals surface area contributed by atoms with Gasteiger partial charge in [0.15, 0.2) is 0 Å². The number of likely N-dealkylation sites (N-methyl/N-ethyl adjacent to an activating group) is 1. The maximum Gasteiger partial charge on any atom is 0.242 e. The van der Waals surface area contributed by atoms with Crippen LogP contribution in [-0.2, 0) is 22.6 Å². The van der Waals surface area contributed by atoms with Gasteiger partial charge in [-0.25, -0.2) is 0 Å². The molecule has 2 aromatic rings. The molecule has 2 rings (SSSR count). The van der Waals surface area contributed by atoms with Crippen molar-refractivity contribution in [2.75, 3.05) is 6.54 Å². The van der Waals surface area contributed by atoms with Gasteiger partial charge >= 0.3 is 0 Å². The predicted molar refractivity (Wildman–Crippen MR) is 110 cm³/mol. The fourth-order valence-electron chi connectivity index (χ4n) is 3.07. The maximum atomic E-state index is 13.2. The Labute approximate surface area is 166 Å². The second kappa shape index (κ2) is 10.1. The summed E-state index contributed by atoms with van der Waals surface area (Å²) in [6, 6.07) is 14.7. The Morgan fingerprint density at radius 1 is 1.07 bits per heavy atom. The third kappa shape index (κ3) is 5.83. The highest BCUT2D eigenvalue weighted by Crippen LogP contribution is 2.17. The average molecular weight is 387 g/mol. The lowest BCUT2D eigenvalue weighted by atomic mass is 10.0. The van der Waals surface area contributed by atoms with Crippen LogP contribution in [0.4, 0.5) is 0 Å². The van der Waals surface area contributed by atoms with Crippen molar-refractivity contribution in [1.82, 2.24) is 10.2 Å². The van der Waals surface area contributed by atoms with Crippen molar-refractivity contribution in [2.24, 2.45) is 0 Å². The van der Waals surface area contributed by atoms with E-state index in [2.05, 4.69) is 5.32 Å². The Balaban J connectivity index is 2.29. The summed E-state index contributed by atoms with van der Waals surface area (Å²) in [7, 11) is 0. The molecule has 1 atom stereocenters. The SMILES string of the molecule is CCNC(=O)[C@@H](CC)N(Cc1ccc(Cl)cc1)C(=O)Cc1ccccc1C. The van der Waals surface area contributed by atoms with Crippen LogP contribution in [0.3, 0.4) is 0 Å². The van der Waals surface area contributed by atoms with Crippen molar-refractivity contribution < 1.29 is 9.59 Å². The highest BCUT2D eigenvalue weighted by molar-refractivity contribution is 6.30. The van der Waals surface area contributed by atoms with E-state index in [4.69, 9.17) is 11.6 Å².